The molecule has 0 radical (unpaired) electrons. The highest BCUT2D eigenvalue weighted by atomic mass is 16.5. The van der Waals surface area contributed by atoms with Crippen molar-refractivity contribution in [3.8, 4) is 0 Å². The molecule has 0 atom stereocenters. The second kappa shape index (κ2) is 8.02. The number of rotatable bonds is 5. The average Bonchev–Trinajstić information content (AvgIpc) is 2.87. The first kappa shape index (κ1) is 16.6. The Kier molecular flexibility index (Phi) is 6.34. The Morgan fingerprint density at radius 2 is 2.00 bits per heavy atom. The van der Waals surface area contributed by atoms with E-state index in [2.05, 4.69) is 29.1 Å². The molecule has 2 aliphatic rings. The molecule has 0 aromatic rings. The molecule has 1 aliphatic carbocycles. The summed E-state index contributed by atoms with van der Waals surface area (Å²) in [5.74, 6) is 1.09. The summed E-state index contributed by atoms with van der Waals surface area (Å²) < 4.78 is 5.58. The van der Waals surface area contributed by atoms with Crippen molar-refractivity contribution in [1.82, 2.24) is 10.2 Å². The van der Waals surface area contributed by atoms with Crippen LogP contribution in [0.5, 0.6) is 0 Å². The molecule has 1 heterocycles. The predicted molar refractivity (Wildman–Crippen MR) is 88.8 cm³/mol. The number of ether oxygens (including phenoxy) is 1. The van der Waals surface area contributed by atoms with Crippen molar-refractivity contribution in [2.45, 2.75) is 64.9 Å². The quantitative estimate of drug-likeness (QED) is 0.481. The minimum atomic E-state index is 0.328. The van der Waals surface area contributed by atoms with Gasteiger partial charge in [-0.15, -0.1) is 0 Å². The van der Waals surface area contributed by atoms with Crippen LogP contribution in [-0.2, 0) is 4.74 Å². The van der Waals surface area contributed by atoms with Gasteiger partial charge in [-0.05, 0) is 44.9 Å². The van der Waals surface area contributed by atoms with E-state index in [0.717, 1.165) is 25.5 Å². The minimum absolute atomic E-state index is 0.328. The largest absolute Gasteiger partial charge is 0.379 e. The van der Waals surface area contributed by atoms with E-state index in [4.69, 9.17) is 4.74 Å². The van der Waals surface area contributed by atoms with Crippen LogP contribution < -0.4 is 5.32 Å². The Hall–Kier alpha value is -0.770. The summed E-state index contributed by atoms with van der Waals surface area (Å²) in [6.07, 6.45) is 9.84. The zero-order valence-corrected chi connectivity index (χ0v) is 14.2. The summed E-state index contributed by atoms with van der Waals surface area (Å²) in [4.78, 5) is 6.94. The third-order valence-electron chi connectivity index (χ3n) is 4.92. The smallest absolute Gasteiger partial charge is 0.193 e. The molecule has 0 bridgehead atoms. The van der Waals surface area contributed by atoms with Crippen molar-refractivity contribution in [2.24, 2.45) is 10.4 Å². The van der Waals surface area contributed by atoms with Gasteiger partial charge in [0.2, 0.25) is 0 Å². The summed E-state index contributed by atoms with van der Waals surface area (Å²) in [7, 11) is 1.90. The highest BCUT2D eigenvalue weighted by Gasteiger charge is 2.39. The van der Waals surface area contributed by atoms with Crippen LogP contribution in [0, 0.1) is 5.41 Å². The van der Waals surface area contributed by atoms with E-state index in [9.17, 15) is 0 Å². The van der Waals surface area contributed by atoms with Crippen molar-refractivity contribution in [2.75, 3.05) is 33.3 Å². The van der Waals surface area contributed by atoms with E-state index in [-0.39, 0.29) is 0 Å². The number of nitrogens with one attached hydrogen (secondary N) is 1. The van der Waals surface area contributed by atoms with Crippen molar-refractivity contribution in [3.05, 3.63) is 0 Å². The number of hydrogen-bond acceptors (Lipinski definition) is 2. The lowest BCUT2D eigenvalue weighted by Gasteiger charge is -2.33. The van der Waals surface area contributed by atoms with Gasteiger partial charge in [-0.25, -0.2) is 0 Å². The number of nitrogens with zero attached hydrogens (tertiary/aromatic N) is 2. The molecule has 1 N–H and O–H groups in total. The van der Waals surface area contributed by atoms with Crippen LogP contribution in [0.1, 0.15) is 58.8 Å². The standard InChI is InChI=1S/C17H33N3O/c1-15(2)21-13-7-11-19-16(18-3)20-12-10-17(14-20)8-5-4-6-9-17/h15H,4-14H2,1-3H3,(H,18,19). The molecule has 1 saturated carbocycles. The second-order valence-corrected chi connectivity index (χ2v) is 6.98. The maximum atomic E-state index is 5.58. The Bertz CT molecular complexity index is 335. The van der Waals surface area contributed by atoms with Gasteiger partial charge in [0.15, 0.2) is 5.96 Å². The lowest BCUT2D eigenvalue weighted by molar-refractivity contribution is 0.0776. The van der Waals surface area contributed by atoms with Gasteiger partial charge < -0.3 is 15.0 Å². The fraction of sp³-hybridized carbons (Fsp3) is 0.941. The van der Waals surface area contributed by atoms with Crippen LogP contribution in [0.3, 0.4) is 0 Å². The van der Waals surface area contributed by atoms with Gasteiger partial charge in [0.1, 0.15) is 0 Å². The molecule has 1 saturated heterocycles. The van der Waals surface area contributed by atoms with Gasteiger partial charge in [0.25, 0.3) is 0 Å². The van der Waals surface area contributed by atoms with Crippen molar-refractivity contribution in [3.63, 3.8) is 0 Å². The maximum Gasteiger partial charge on any atom is 0.193 e. The van der Waals surface area contributed by atoms with Gasteiger partial charge in [0, 0.05) is 33.3 Å². The van der Waals surface area contributed by atoms with Gasteiger partial charge in [0.05, 0.1) is 6.10 Å². The lowest BCUT2D eigenvalue weighted by atomic mass is 9.73. The number of likely N-dealkylation sites (tertiary alicyclic amines) is 1. The normalized spacial score (nSPS) is 22.3. The van der Waals surface area contributed by atoms with Gasteiger partial charge >= 0.3 is 0 Å². The molecule has 0 amide bonds. The molecule has 0 aromatic carbocycles. The zero-order valence-electron chi connectivity index (χ0n) is 14.2. The van der Waals surface area contributed by atoms with Gasteiger partial charge in [-0.1, -0.05) is 19.3 Å². The van der Waals surface area contributed by atoms with E-state index >= 15 is 0 Å². The first-order valence-electron chi connectivity index (χ1n) is 8.72. The Morgan fingerprint density at radius 3 is 2.67 bits per heavy atom. The number of hydrogen-bond donors (Lipinski definition) is 1. The van der Waals surface area contributed by atoms with E-state index in [1.807, 2.05) is 7.05 Å². The Balaban J connectivity index is 1.72. The maximum absolute atomic E-state index is 5.58. The summed E-state index contributed by atoms with van der Waals surface area (Å²) >= 11 is 0. The van der Waals surface area contributed by atoms with Crippen LogP contribution in [-0.4, -0.2) is 50.3 Å². The van der Waals surface area contributed by atoms with Crippen LogP contribution >= 0.6 is 0 Å². The van der Waals surface area contributed by atoms with E-state index in [1.54, 1.807) is 0 Å². The molecule has 4 heteroatoms. The van der Waals surface area contributed by atoms with Crippen LogP contribution in [0.2, 0.25) is 0 Å². The summed E-state index contributed by atoms with van der Waals surface area (Å²) in [5.41, 5.74) is 0.594. The van der Waals surface area contributed by atoms with Crippen molar-refractivity contribution < 1.29 is 4.74 Å². The van der Waals surface area contributed by atoms with E-state index in [1.165, 1.54) is 51.6 Å². The SMILES string of the molecule is CN=C(NCCCOC(C)C)N1CCC2(CCCCC2)C1. The highest BCUT2D eigenvalue weighted by Crippen LogP contribution is 2.43. The Morgan fingerprint density at radius 1 is 1.24 bits per heavy atom. The molecule has 2 rings (SSSR count). The summed E-state index contributed by atoms with van der Waals surface area (Å²) in [6, 6.07) is 0. The second-order valence-electron chi connectivity index (χ2n) is 6.98. The van der Waals surface area contributed by atoms with Gasteiger partial charge in [-0.2, -0.15) is 0 Å². The van der Waals surface area contributed by atoms with E-state index in [0.29, 0.717) is 11.5 Å². The number of guanidine groups is 1. The van der Waals surface area contributed by atoms with Crippen molar-refractivity contribution in [1.29, 1.82) is 0 Å². The monoisotopic (exact) mass is 295 g/mol. The molecule has 21 heavy (non-hydrogen) atoms. The molecule has 0 aromatic heterocycles. The molecule has 0 unspecified atom stereocenters. The minimum Gasteiger partial charge on any atom is -0.379 e. The zero-order chi connectivity index (χ0) is 15.1. The molecular weight excluding hydrogens is 262 g/mol. The molecule has 1 spiro atoms. The third kappa shape index (κ3) is 4.87. The van der Waals surface area contributed by atoms with Crippen LogP contribution in [0.25, 0.3) is 0 Å². The topological polar surface area (TPSA) is 36.9 Å². The molecular formula is C17H33N3O. The summed E-state index contributed by atoms with van der Waals surface area (Å²) in [6.45, 7) is 8.31. The average molecular weight is 295 g/mol. The molecule has 122 valence electrons. The van der Waals surface area contributed by atoms with Crippen LogP contribution in [0.4, 0.5) is 0 Å². The van der Waals surface area contributed by atoms with E-state index < -0.39 is 0 Å². The highest BCUT2D eigenvalue weighted by molar-refractivity contribution is 5.80. The third-order valence-corrected chi connectivity index (χ3v) is 4.92. The fourth-order valence-corrected chi connectivity index (χ4v) is 3.75. The summed E-state index contributed by atoms with van der Waals surface area (Å²) in [5, 5.41) is 3.50. The first-order valence-corrected chi connectivity index (χ1v) is 8.72. The predicted octanol–water partition coefficient (Wildman–Crippen LogP) is 3.03. The lowest BCUT2D eigenvalue weighted by Crippen LogP contribution is -2.42. The first-order chi connectivity index (χ1) is 10.2. The van der Waals surface area contributed by atoms with Gasteiger partial charge in [-0.3, -0.25) is 4.99 Å². The Labute approximate surface area is 130 Å². The van der Waals surface area contributed by atoms with Crippen LogP contribution in [0.15, 0.2) is 4.99 Å². The van der Waals surface area contributed by atoms with Crippen molar-refractivity contribution >= 4 is 5.96 Å². The number of aliphatic imine (C=N–C) groups is 1. The molecule has 2 fully saturated rings. The molecule has 4 nitrogen and oxygen atoms in total. The molecule has 1 aliphatic heterocycles. The fourth-order valence-electron chi connectivity index (χ4n) is 3.75.